The van der Waals surface area contributed by atoms with E-state index < -0.39 is 0 Å². The first-order valence-corrected chi connectivity index (χ1v) is 4.33. The van der Waals surface area contributed by atoms with Gasteiger partial charge in [-0.1, -0.05) is 0 Å². The van der Waals surface area contributed by atoms with Crippen molar-refractivity contribution in [1.82, 2.24) is 10.2 Å². The number of nitrogens with zero attached hydrogens (tertiary/aromatic N) is 1. The van der Waals surface area contributed by atoms with Gasteiger partial charge in [0.05, 0.1) is 6.61 Å². The summed E-state index contributed by atoms with van der Waals surface area (Å²) in [5, 5.41) is 11.7. The standard InChI is InChI=1S/C8H18N2O/c1-10-4-2-8(7-10)6-9-3-5-11/h8-9,11H,2-7H2,1H3/t8-/m0/s1. The molecule has 66 valence electrons. The smallest absolute Gasteiger partial charge is 0.0555 e. The van der Waals surface area contributed by atoms with Gasteiger partial charge >= 0.3 is 0 Å². The fourth-order valence-electron chi connectivity index (χ4n) is 1.58. The molecule has 2 N–H and O–H groups in total. The quantitative estimate of drug-likeness (QED) is 0.542. The molecule has 0 spiro atoms. The molecule has 1 rings (SSSR count). The Kier molecular flexibility index (Phi) is 3.83. The molecule has 0 aliphatic carbocycles. The average Bonchev–Trinajstić information content (AvgIpc) is 2.37. The molecule has 1 fully saturated rings. The van der Waals surface area contributed by atoms with Gasteiger partial charge in [0.2, 0.25) is 0 Å². The Morgan fingerprint density at radius 1 is 1.64 bits per heavy atom. The maximum Gasteiger partial charge on any atom is 0.0555 e. The molecule has 0 radical (unpaired) electrons. The monoisotopic (exact) mass is 158 g/mol. The average molecular weight is 158 g/mol. The first-order valence-electron chi connectivity index (χ1n) is 4.33. The van der Waals surface area contributed by atoms with Crippen LogP contribution in [0.15, 0.2) is 0 Å². The van der Waals surface area contributed by atoms with E-state index in [9.17, 15) is 0 Å². The van der Waals surface area contributed by atoms with Crippen molar-refractivity contribution in [2.24, 2.45) is 5.92 Å². The van der Waals surface area contributed by atoms with E-state index in [4.69, 9.17) is 5.11 Å². The van der Waals surface area contributed by atoms with Gasteiger partial charge in [0, 0.05) is 13.1 Å². The lowest BCUT2D eigenvalue weighted by Crippen LogP contribution is -2.27. The summed E-state index contributed by atoms with van der Waals surface area (Å²) in [7, 11) is 2.16. The molecule has 3 heteroatoms. The molecule has 0 bridgehead atoms. The molecule has 11 heavy (non-hydrogen) atoms. The number of rotatable bonds is 4. The Balaban J connectivity index is 1.99. The first kappa shape index (κ1) is 8.97. The van der Waals surface area contributed by atoms with Crippen molar-refractivity contribution >= 4 is 0 Å². The summed E-state index contributed by atoms with van der Waals surface area (Å²) in [6, 6.07) is 0. The van der Waals surface area contributed by atoms with Crippen molar-refractivity contribution in [3.8, 4) is 0 Å². The number of likely N-dealkylation sites (tertiary alicyclic amines) is 1. The van der Waals surface area contributed by atoms with Gasteiger partial charge in [-0.05, 0) is 32.5 Å². The maximum atomic E-state index is 8.52. The van der Waals surface area contributed by atoms with Crippen LogP contribution in [-0.4, -0.2) is 49.8 Å². The summed E-state index contributed by atoms with van der Waals surface area (Å²) in [5.41, 5.74) is 0. The van der Waals surface area contributed by atoms with Crippen LogP contribution >= 0.6 is 0 Å². The van der Waals surface area contributed by atoms with Crippen LogP contribution in [0.4, 0.5) is 0 Å². The summed E-state index contributed by atoms with van der Waals surface area (Å²) < 4.78 is 0. The van der Waals surface area contributed by atoms with Crippen LogP contribution in [0.25, 0.3) is 0 Å². The molecule has 1 aliphatic rings. The van der Waals surface area contributed by atoms with Crippen LogP contribution in [0.3, 0.4) is 0 Å². The van der Waals surface area contributed by atoms with E-state index in [2.05, 4.69) is 17.3 Å². The van der Waals surface area contributed by atoms with E-state index in [1.807, 2.05) is 0 Å². The van der Waals surface area contributed by atoms with Crippen molar-refractivity contribution < 1.29 is 5.11 Å². The summed E-state index contributed by atoms with van der Waals surface area (Å²) in [6.45, 7) is 4.48. The van der Waals surface area contributed by atoms with Crippen molar-refractivity contribution in [3.63, 3.8) is 0 Å². The zero-order valence-corrected chi connectivity index (χ0v) is 7.21. The van der Waals surface area contributed by atoms with Crippen molar-refractivity contribution in [2.45, 2.75) is 6.42 Å². The Labute approximate surface area is 68.4 Å². The molecular formula is C8H18N2O. The van der Waals surface area contributed by atoms with Crippen LogP contribution in [0, 0.1) is 5.92 Å². The summed E-state index contributed by atoms with van der Waals surface area (Å²) >= 11 is 0. The molecule has 1 atom stereocenters. The molecule has 1 aliphatic heterocycles. The van der Waals surface area contributed by atoms with E-state index in [0.29, 0.717) is 0 Å². The second kappa shape index (κ2) is 4.70. The minimum Gasteiger partial charge on any atom is -0.395 e. The fourth-order valence-corrected chi connectivity index (χ4v) is 1.58. The summed E-state index contributed by atoms with van der Waals surface area (Å²) in [6.07, 6.45) is 1.30. The lowest BCUT2D eigenvalue weighted by atomic mass is 10.1. The first-order chi connectivity index (χ1) is 5.33. The van der Waals surface area contributed by atoms with Gasteiger partial charge in [-0.15, -0.1) is 0 Å². The Bertz CT molecular complexity index is 108. The molecule has 3 nitrogen and oxygen atoms in total. The number of aliphatic hydroxyl groups is 1. The van der Waals surface area contributed by atoms with E-state index in [0.717, 1.165) is 19.0 Å². The van der Waals surface area contributed by atoms with Gasteiger partial charge < -0.3 is 15.3 Å². The maximum absolute atomic E-state index is 8.52. The van der Waals surface area contributed by atoms with Crippen molar-refractivity contribution in [3.05, 3.63) is 0 Å². The predicted molar refractivity (Wildman–Crippen MR) is 45.6 cm³/mol. The van der Waals surface area contributed by atoms with Crippen LogP contribution in [-0.2, 0) is 0 Å². The topological polar surface area (TPSA) is 35.5 Å². The van der Waals surface area contributed by atoms with Crippen LogP contribution in [0.1, 0.15) is 6.42 Å². The highest BCUT2D eigenvalue weighted by atomic mass is 16.3. The Morgan fingerprint density at radius 2 is 2.45 bits per heavy atom. The third kappa shape index (κ3) is 3.18. The highest BCUT2D eigenvalue weighted by Gasteiger charge is 2.18. The van der Waals surface area contributed by atoms with Gasteiger partial charge in [0.15, 0.2) is 0 Å². The third-order valence-electron chi connectivity index (χ3n) is 2.21. The summed E-state index contributed by atoms with van der Waals surface area (Å²) in [5.74, 6) is 0.798. The normalized spacial score (nSPS) is 26.2. The molecule has 0 aromatic heterocycles. The van der Waals surface area contributed by atoms with E-state index in [1.54, 1.807) is 0 Å². The highest BCUT2D eigenvalue weighted by Crippen LogP contribution is 2.12. The third-order valence-corrected chi connectivity index (χ3v) is 2.21. The minimum atomic E-state index is 0.253. The van der Waals surface area contributed by atoms with Gasteiger partial charge in [-0.25, -0.2) is 0 Å². The molecular weight excluding hydrogens is 140 g/mol. The van der Waals surface area contributed by atoms with E-state index >= 15 is 0 Å². The zero-order chi connectivity index (χ0) is 8.10. The number of aliphatic hydroxyl groups excluding tert-OH is 1. The lowest BCUT2D eigenvalue weighted by Gasteiger charge is -2.10. The number of nitrogens with one attached hydrogen (secondary N) is 1. The number of hydrogen-bond acceptors (Lipinski definition) is 3. The SMILES string of the molecule is CN1CC[C@@H](CNCCO)C1. The second-order valence-corrected chi connectivity index (χ2v) is 3.34. The molecule has 1 heterocycles. The van der Waals surface area contributed by atoms with Gasteiger partial charge in [0.25, 0.3) is 0 Å². The molecule has 0 unspecified atom stereocenters. The van der Waals surface area contributed by atoms with Gasteiger partial charge in [0.1, 0.15) is 0 Å². The van der Waals surface area contributed by atoms with Crippen molar-refractivity contribution in [1.29, 1.82) is 0 Å². The lowest BCUT2D eigenvalue weighted by molar-refractivity contribution is 0.287. The second-order valence-electron chi connectivity index (χ2n) is 3.34. The highest BCUT2D eigenvalue weighted by molar-refractivity contribution is 4.74. The Hall–Kier alpha value is -0.120. The number of hydrogen-bond donors (Lipinski definition) is 2. The van der Waals surface area contributed by atoms with Gasteiger partial charge in [-0.2, -0.15) is 0 Å². The van der Waals surface area contributed by atoms with Crippen molar-refractivity contribution in [2.75, 3.05) is 39.8 Å². The summed E-state index contributed by atoms with van der Waals surface area (Å²) in [4.78, 5) is 2.35. The molecule has 0 aromatic carbocycles. The van der Waals surface area contributed by atoms with Crippen LogP contribution in [0.2, 0.25) is 0 Å². The largest absolute Gasteiger partial charge is 0.395 e. The fraction of sp³-hybridized carbons (Fsp3) is 1.00. The van der Waals surface area contributed by atoms with Crippen LogP contribution in [0.5, 0.6) is 0 Å². The minimum absolute atomic E-state index is 0.253. The van der Waals surface area contributed by atoms with E-state index in [-0.39, 0.29) is 6.61 Å². The molecule has 0 saturated carbocycles. The zero-order valence-electron chi connectivity index (χ0n) is 7.21. The van der Waals surface area contributed by atoms with Gasteiger partial charge in [-0.3, -0.25) is 0 Å². The molecule has 1 saturated heterocycles. The van der Waals surface area contributed by atoms with E-state index in [1.165, 1.54) is 19.5 Å². The molecule has 0 amide bonds. The van der Waals surface area contributed by atoms with Crippen LogP contribution < -0.4 is 5.32 Å². The Morgan fingerprint density at radius 3 is 3.00 bits per heavy atom. The predicted octanol–water partition coefficient (Wildman–Crippen LogP) is -0.480. The molecule has 0 aromatic rings.